The standard InChI is InChI=1S/C46H30N4O/c1-4-14-29(15-5-1)36-28-37(30-16-6-2-7-17-30)48-46(47-36)50-38-22-12-10-21-34(38)42-39(50)27-25-35-43-40(49(44(35)42)31-18-8-3-9-19-31)26-24-33-32-20-11-13-23-41(32)51-45(33)43/h1-28,36H,(H,47,48). The van der Waals surface area contributed by atoms with Crippen molar-refractivity contribution in [3.63, 3.8) is 0 Å². The van der Waals surface area contributed by atoms with Gasteiger partial charge in [-0.2, -0.15) is 0 Å². The summed E-state index contributed by atoms with van der Waals surface area (Å²) in [5.74, 6) is 0.790. The summed E-state index contributed by atoms with van der Waals surface area (Å²) in [7, 11) is 0. The SMILES string of the molecule is C1=C(c2ccccc2)N=C(n2c3ccccc3c3c2ccc2c4c5oc6ccccc6c5ccc4n(-c4ccccc4)c23)NC1c1ccccc1. The Morgan fingerprint density at radius 3 is 1.96 bits per heavy atom. The lowest BCUT2D eigenvalue weighted by Crippen LogP contribution is -2.35. The van der Waals surface area contributed by atoms with E-state index in [1.54, 1.807) is 0 Å². The van der Waals surface area contributed by atoms with Gasteiger partial charge in [-0.1, -0.05) is 115 Å². The third-order valence-corrected chi connectivity index (χ3v) is 10.4. The Hall–Kier alpha value is -6.85. The largest absolute Gasteiger partial charge is 0.455 e. The van der Waals surface area contributed by atoms with Crippen molar-refractivity contribution in [1.29, 1.82) is 0 Å². The van der Waals surface area contributed by atoms with Crippen molar-refractivity contribution in [3.05, 3.63) is 181 Å². The molecule has 3 aromatic heterocycles. The maximum atomic E-state index is 6.68. The maximum absolute atomic E-state index is 6.68. The van der Waals surface area contributed by atoms with E-state index in [9.17, 15) is 0 Å². The highest BCUT2D eigenvalue weighted by Crippen LogP contribution is 2.45. The summed E-state index contributed by atoms with van der Waals surface area (Å²) in [6.45, 7) is 0. The van der Waals surface area contributed by atoms with Crippen LogP contribution in [0.1, 0.15) is 17.2 Å². The van der Waals surface area contributed by atoms with Crippen molar-refractivity contribution in [1.82, 2.24) is 14.5 Å². The van der Waals surface area contributed by atoms with Crippen LogP contribution in [0.25, 0.3) is 76.9 Å². The molecule has 0 amide bonds. The molecule has 51 heavy (non-hydrogen) atoms. The molecule has 10 aromatic rings. The molecule has 0 fully saturated rings. The molecular formula is C46H30N4O. The van der Waals surface area contributed by atoms with Gasteiger partial charge in [0.2, 0.25) is 5.96 Å². The van der Waals surface area contributed by atoms with Gasteiger partial charge in [-0.3, -0.25) is 4.57 Å². The smallest absolute Gasteiger partial charge is 0.209 e. The normalized spacial score (nSPS) is 14.9. The number of nitrogens with one attached hydrogen (secondary N) is 1. The Morgan fingerprint density at radius 2 is 1.16 bits per heavy atom. The second kappa shape index (κ2) is 10.8. The van der Waals surface area contributed by atoms with Gasteiger partial charge in [-0.05, 0) is 60.2 Å². The molecule has 1 atom stereocenters. The second-order valence-electron chi connectivity index (χ2n) is 13.2. The van der Waals surface area contributed by atoms with Crippen molar-refractivity contribution in [2.24, 2.45) is 4.99 Å². The second-order valence-corrected chi connectivity index (χ2v) is 13.2. The number of nitrogens with zero attached hydrogens (tertiary/aromatic N) is 3. The van der Waals surface area contributed by atoms with Gasteiger partial charge in [-0.25, -0.2) is 4.99 Å². The number of rotatable bonds is 3. The molecule has 1 N–H and O–H groups in total. The highest BCUT2D eigenvalue weighted by molar-refractivity contribution is 6.31. The fourth-order valence-corrected chi connectivity index (χ4v) is 8.14. The van der Waals surface area contributed by atoms with E-state index in [2.05, 4.69) is 172 Å². The summed E-state index contributed by atoms with van der Waals surface area (Å²) in [4.78, 5) is 5.35. The Labute approximate surface area is 293 Å². The van der Waals surface area contributed by atoms with E-state index in [0.29, 0.717) is 0 Å². The summed E-state index contributed by atoms with van der Waals surface area (Å²) >= 11 is 0. The zero-order chi connectivity index (χ0) is 33.5. The Bertz CT molecular complexity index is 3040. The first kappa shape index (κ1) is 28.0. The van der Waals surface area contributed by atoms with E-state index in [-0.39, 0.29) is 6.04 Å². The van der Waals surface area contributed by atoms with Crippen molar-refractivity contribution >= 4 is 77.2 Å². The van der Waals surface area contributed by atoms with Crippen LogP contribution in [0, 0.1) is 0 Å². The molecule has 5 heteroatoms. The van der Waals surface area contributed by atoms with Crippen LogP contribution in [0.3, 0.4) is 0 Å². The van der Waals surface area contributed by atoms with E-state index in [1.165, 1.54) is 10.9 Å². The van der Waals surface area contributed by atoms with Crippen LogP contribution >= 0.6 is 0 Å². The lowest BCUT2D eigenvalue weighted by Gasteiger charge is -2.25. The average Bonchev–Trinajstić information content (AvgIpc) is 3.86. The number of aromatic nitrogens is 2. The maximum Gasteiger partial charge on any atom is 0.209 e. The van der Waals surface area contributed by atoms with Crippen molar-refractivity contribution in [3.8, 4) is 5.69 Å². The van der Waals surface area contributed by atoms with E-state index in [4.69, 9.17) is 9.41 Å². The molecule has 1 aliphatic rings. The quantitative estimate of drug-likeness (QED) is 0.206. The summed E-state index contributed by atoms with van der Waals surface area (Å²) in [6, 6.07) is 57.7. The van der Waals surface area contributed by atoms with Crippen LogP contribution in [0.5, 0.6) is 0 Å². The molecule has 4 heterocycles. The number of fused-ring (bicyclic) bond motifs is 11. The Kier molecular flexibility index (Phi) is 5.95. The van der Waals surface area contributed by atoms with E-state index >= 15 is 0 Å². The molecule has 0 spiro atoms. The van der Waals surface area contributed by atoms with Crippen LogP contribution < -0.4 is 5.32 Å². The van der Waals surface area contributed by atoms with Crippen LogP contribution in [-0.2, 0) is 0 Å². The molecule has 0 saturated heterocycles. The third-order valence-electron chi connectivity index (χ3n) is 10.4. The highest BCUT2D eigenvalue weighted by Gasteiger charge is 2.26. The first-order valence-corrected chi connectivity index (χ1v) is 17.4. The number of hydrogen-bond acceptors (Lipinski definition) is 3. The molecule has 1 aliphatic heterocycles. The molecule has 0 aliphatic carbocycles. The predicted octanol–water partition coefficient (Wildman–Crippen LogP) is 11.4. The summed E-state index contributed by atoms with van der Waals surface area (Å²) in [6.07, 6.45) is 2.23. The van der Waals surface area contributed by atoms with E-state index < -0.39 is 0 Å². The zero-order valence-electron chi connectivity index (χ0n) is 27.5. The monoisotopic (exact) mass is 654 g/mol. The number of hydrogen-bond donors (Lipinski definition) is 1. The molecule has 1 unspecified atom stereocenters. The van der Waals surface area contributed by atoms with Gasteiger partial charge in [0.1, 0.15) is 11.2 Å². The zero-order valence-corrected chi connectivity index (χ0v) is 27.5. The molecule has 11 rings (SSSR count). The first-order chi connectivity index (χ1) is 25.3. The van der Waals surface area contributed by atoms with Gasteiger partial charge in [-0.15, -0.1) is 0 Å². The lowest BCUT2D eigenvalue weighted by molar-refractivity contribution is 0.673. The molecule has 240 valence electrons. The molecule has 5 nitrogen and oxygen atoms in total. The summed E-state index contributed by atoms with van der Waals surface area (Å²) < 4.78 is 11.4. The van der Waals surface area contributed by atoms with Gasteiger partial charge in [0.25, 0.3) is 0 Å². The first-order valence-electron chi connectivity index (χ1n) is 17.4. The predicted molar refractivity (Wildman–Crippen MR) is 211 cm³/mol. The fourth-order valence-electron chi connectivity index (χ4n) is 8.14. The third kappa shape index (κ3) is 4.12. The molecule has 0 saturated carbocycles. The Balaban J connectivity index is 1.26. The van der Waals surface area contributed by atoms with E-state index in [0.717, 1.165) is 83.1 Å². The van der Waals surface area contributed by atoms with Gasteiger partial charge >= 0.3 is 0 Å². The molecule has 7 aromatic carbocycles. The number of benzene rings is 7. The molecular weight excluding hydrogens is 625 g/mol. The average molecular weight is 655 g/mol. The summed E-state index contributed by atoms with van der Waals surface area (Å²) in [5, 5.41) is 10.7. The molecule has 0 bridgehead atoms. The van der Waals surface area contributed by atoms with Crippen molar-refractivity contribution < 1.29 is 4.42 Å². The minimum Gasteiger partial charge on any atom is -0.455 e. The van der Waals surface area contributed by atoms with Gasteiger partial charge in [0, 0.05) is 38.2 Å². The lowest BCUT2D eigenvalue weighted by atomic mass is 10.0. The van der Waals surface area contributed by atoms with Gasteiger partial charge in [0.05, 0.1) is 39.2 Å². The van der Waals surface area contributed by atoms with Crippen LogP contribution in [0.4, 0.5) is 0 Å². The minimum atomic E-state index is -0.0639. The molecule has 0 radical (unpaired) electrons. The van der Waals surface area contributed by atoms with Gasteiger partial charge < -0.3 is 14.3 Å². The fraction of sp³-hybridized carbons (Fsp3) is 0.0217. The topological polar surface area (TPSA) is 47.4 Å². The van der Waals surface area contributed by atoms with Crippen LogP contribution in [0.15, 0.2) is 179 Å². The minimum absolute atomic E-state index is 0.0639. The van der Waals surface area contributed by atoms with Crippen LogP contribution in [0.2, 0.25) is 0 Å². The number of furan rings is 1. The van der Waals surface area contributed by atoms with Crippen LogP contribution in [-0.4, -0.2) is 15.1 Å². The highest BCUT2D eigenvalue weighted by atomic mass is 16.3. The van der Waals surface area contributed by atoms with Gasteiger partial charge in [0.15, 0.2) is 0 Å². The number of para-hydroxylation sites is 3. The number of aliphatic imine (C=N–C) groups is 1. The van der Waals surface area contributed by atoms with Crippen molar-refractivity contribution in [2.45, 2.75) is 6.04 Å². The van der Waals surface area contributed by atoms with Crippen molar-refractivity contribution in [2.75, 3.05) is 0 Å². The Morgan fingerprint density at radius 1 is 0.510 bits per heavy atom. The van der Waals surface area contributed by atoms with E-state index in [1.807, 2.05) is 12.1 Å². The summed E-state index contributed by atoms with van der Waals surface area (Å²) in [5.41, 5.74) is 10.5.